The van der Waals surface area contributed by atoms with E-state index in [-0.39, 0.29) is 12.3 Å². The van der Waals surface area contributed by atoms with Crippen LogP contribution in [0.2, 0.25) is 0 Å². The highest BCUT2D eigenvalue weighted by Gasteiger charge is 2.33. The minimum Gasteiger partial charge on any atom is -0.481 e. The molecule has 0 bridgehead atoms. The summed E-state index contributed by atoms with van der Waals surface area (Å²) in [5, 5.41) is 13.3. The van der Waals surface area contributed by atoms with Gasteiger partial charge >= 0.3 is 5.97 Å². The van der Waals surface area contributed by atoms with Crippen molar-refractivity contribution in [3.63, 3.8) is 0 Å². The van der Waals surface area contributed by atoms with E-state index in [9.17, 15) is 4.79 Å². The zero-order valence-electron chi connectivity index (χ0n) is 10.6. The summed E-state index contributed by atoms with van der Waals surface area (Å²) >= 11 is 0. The first-order valence-electron chi connectivity index (χ1n) is 6.56. The Bertz CT molecular complexity index is 574. The largest absolute Gasteiger partial charge is 0.481 e. The quantitative estimate of drug-likeness (QED) is 0.895. The molecule has 1 fully saturated rings. The van der Waals surface area contributed by atoms with Gasteiger partial charge in [-0.3, -0.25) is 4.79 Å². The van der Waals surface area contributed by atoms with Gasteiger partial charge < -0.3 is 5.11 Å². The van der Waals surface area contributed by atoms with Crippen molar-refractivity contribution in [2.45, 2.75) is 25.2 Å². The summed E-state index contributed by atoms with van der Waals surface area (Å²) in [5.41, 5.74) is 2.09. The monoisotopic (exact) mass is 256 g/mol. The lowest BCUT2D eigenvalue weighted by Crippen LogP contribution is -2.09. The van der Waals surface area contributed by atoms with E-state index < -0.39 is 5.97 Å². The number of carbonyl (C=O) groups is 1. The van der Waals surface area contributed by atoms with E-state index in [1.165, 1.54) is 0 Å². The summed E-state index contributed by atoms with van der Waals surface area (Å²) in [5.74, 6) is -0.0571. The van der Waals surface area contributed by atoms with Gasteiger partial charge in [-0.1, -0.05) is 12.1 Å². The van der Waals surface area contributed by atoms with Crippen molar-refractivity contribution in [2.24, 2.45) is 5.92 Å². The van der Waals surface area contributed by atoms with Gasteiger partial charge in [-0.05, 0) is 48.4 Å². The van der Waals surface area contributed by atoms with Gasteiger partial charge in [-0.15, -0.1) is 0 Å². The molecular formula is C15H16N2O2. The summed E-state index contributed by atoms with van der Waals surface area (Å²) < 4.78 is 1.80. The van der Waals surface area contributed by atoms with Crippen molar-refractivity contribution < 1.29 is 9.90 Å². The molecule has 1 aromatic heterocycles. The van der Waals surface area contributed by atoms with Crippen LogP contribution >= 0.6 is 0 Å². The number of hydrogen-bond donors (Lipinski definition) is 1. The number of aliphatic carboxylic acids is 1. The van der Waals surface area contributed by atoms with Crippen molar-refractivity contribution in [2.75, 3.05) is 0 Å². The van der Waals surface area contributed by atoms with Crippen molar-refractivity contribution in [3.8, 4) is 5.69 Å². The molecule has 2 aromatic rings. The zero-order valence-corrected chi connectivity index (χ0v) is 10.6. The predicted octanol–water partition coefficient (Wildman–Crippen LogP) is 2.84. The predicted molar refractivity (Wildman–Crippen MR) is 71.3 cm³/mol. The maximum absolute atomic E-state index is 11.0. The lowest BCUT2D eigenvalue weighted by atomic mass is 9.91. The molecule has 0 spiro atoms. The van der Waals surface area contributed by atoms with Crippen molar-refractivity contribution in [3.05, 3.63) is 48.3 Å². The van der Waals surface area contributed by atoms with Crippen LogP contribution < -0.4 is 0 Å². The summed E-state index contributed by atoms with van der Waals surface area (Å²) in [7, 11) is 0. The third-order valence-corrected chi connectivity index (χ3v) is 3.65. The summed E-state index contributed by atoms with van der Waals surface area (Å²) in [4.78, 5) is 11.0. The molecule has 0 radical (unpaired) electrons. The van der Waals surface area contributed by atoms with E-state index >= 15 is 0 Å². The van der Waals surface area contributed by atoms with Crippen LogP contribution in [0.15, 0.2) is 42.7 Å². The van der Waals surface area contributed by atoms with Crippen LogP contribution in [0.25, 0.3) is 5.69 Å². The molecule has 1 unspecified atom stereocenters. The highest BCUT2D eigenvalue weighted by atomic mass is 16.4. The molecule has 0 aliphatic heterocycles. The minimum atomic E-state index is -0.721. The van der Waals surface area contributed by atoms with Gasteiger partial charge in [0.15, 0.2) is 0 Å². The van der Waals surface area contributed by atoms with Crippen molar-refractivity contribution >= 4 is 5.97 Å². The average Bonchev–Trinajstić information content (AvgIpc) is 3.09. The first kappa shape index (κ1) is 12.0. The Morgan fingerprint density at radius 1 is 1.42 bits per heavy atom. The lowest BCUT2D eigenvalue weighted by Gasteiger charge is -2.15. The first-order chi connectivity index (χ1) is 9.24. The van der Waals surface area contributed by atoms with Crippen LogP contribution in [-0.4, -0.2) is 20.9 Å². The Balaban J connectivity index is 1.90. The van der Waals surface area contributed by atoms with Crippen LogP contribution in [0.3, 0.4) is 0 Å². The third kappa shape index (κ3) is 2.67. The molecule has 1 N–H and O–H groups in total. The second kappa shape index (κ2) is 4.88. The van der Waals surface area contributed by atoms with Gasteiger partial charge in [-0.2, -0.15) is 5.10 Å². The fourth-order valence-corrected chi connectivity index (χ4v) is 2.56. The zero-order chi connectivity index (χ0) is 13.2. The molecule has 0 saturated heterocycles. The normalized spacial score (nSPS) is 16.2. The third-order valence-electron chi connectivity index (χ3n) is 3.65. The van der Waals surface area contributed by atoms with Gasteiger partial charge in [0.2, 0.25) is 0 Å². The summed E-state index contributed by atoms with van der Waals surface area (Å²) in [6, 6.07) is 9.92. The molecule has 19 heavy (non-hydrogen) atoms. The van der Waals surface area contributed by atoms with Crippen LogP contribution in [-0.2, 0) is 4.79 Å². The molecule has 4 heteroatoms. The van der Waals surface area contributed by atoms with Crippen LogP contribution in [0.5, 0.6) is 0 Å². The second-order valence-corrected chi connectivity index (χ2v) is 5.09. The molecule has 1 aliphatic rings. The van der Waals surface area contributed by atoms with Crippen LogP contribution in [0.1, 0.15) is 30.7 Å². The molecule has 1 aliphatic carbocycles. The summed E-state index contributed by atoms with van der Waals surface area (Å²) in [6.07, 6.45) is 6.13. The fourth-order valence-electron chi connectivity index (χ4n) is 2.56. The maximum atomic E-state index is 11.0. The number of benzene rings is 1. The first-order valence-corrected chi connectivity index (χ1v) is 6.56. The van der Waals surface area contributed by atoms with E-state index in [0.717, 1.165) is 24.1 Å². The van der Waals surface area contributed by atoms with E-state index in [4.69, 9.17) is 5.11 Å². The number of carboxylic acids is 1. The Morgan fingerprint density at radius 2 is 2.26 bits per heavy atom. The van der Waals surface area contributed by atoms with Crippen LogP contribution in [0, 0.1) is 5.92 Å². The lowest BCUT2D eigenvalue weighted by molar-refractivity contribution is -0.137. The van der Waals surface area contributed by atoms with E-state index in [1.54, 1.807) is 10.9 Å². The van der Waals surface area contributed by atoms with E-state index in [2.05, 4.69) is 11.2 Å². The second-order valence-electron chi connectivity index (χ2n) is 5.09. The molecule has 1 saturated carbocycles. The number of aromatic nitrogens is 2. The Morgan fingerprint density at radius 3 is 2.89 bits per heavy atom. The van der Waals surface area contributed by atoms with Crippen molar-refractivity contribution in [1.82, 2.24) is 9.78 Å². The standard InChI is InChI=1S/C15H16N2O2/c18-15(19)10-14(11-5-6-11)12-3-1-4-13(9-12)17-8-2-7-16-17/h1-4,7-9,11,14H,5-6,10H2,(H,18,19). The highest BCUT2D eigenvalue weighted by molar-refractivity contribution is 5.68. The topological polar surface area (TPSA) is 55.1 Å². The molecule has 4 nitrogen and oxygen atoms in total. The molecule has 98 valence electrons. The van der Waals surface area contributed by atoms with Gasteiger partial charge in [0, 0.05) is 12.4 Å². The van der Waals surface area contributed by atoms with E-state index in [0.29, 0.717) is 5.92 Å². The van der Waals surface area contributed by atoms with Gasteiger partial charge in [-0.25, -0.2) is 4.68 Å². The maximum Gasteiger partial charge on any atom is 0.303 e. The van der Waals surface area contributed by atoms with Gasteiger partial charge in [0.05, 0.1) is 12.1 Å². The van der Waals surface area contributed by atoms with Crippen molar-refractivity contribution in [1.29, 1.82) is 0 Å². The molecule has 1 aromatic carbocycles. The molecule has 1 atom stereocenters. The Hall–Kier alpha value is -2.10. The minimum absolute atomic E-state index is 0.132. The van der Waals surface area contributed by atoms with E-state index in [1.807, 2.05) is 30.5 Å². The number of carboxylic acid groups (broad SMARTS) is 1. The molecule has 0 amide bonds. The Labute approximate surface area is 111 Å². The average molecular weight is 256 g/mol. The number of hydrogen-bond acceptors (Lipinski definition) is 2. The molecule has 1 heterocycles. The van der Waals surface area contributed by atoms with Crippen LogP contribution in [0.4, 0.5) is 0 Å². The Kier molecular flexibility index (Phi) is 3.07. The summed E-state index contributed by atoms with van der Waals surface area (Å²) in [6.45, 7) is 0. The molecular weight excluding hydrogens is 240 g/mol. The smallest absolute Gasteiger partial charge is 0.303 e. The number of nitrogens with zero attached hydrogens (tertiary/aromatic N) is 2. The molecule has 3 rings (SSSR count). The number of rotatable bonds is 5. The fraction of sp³-hybridized carbons (Fsp3) is 0.333. The van der Waals surface area contributed by atoms with Gasteiger partial charge in [0.1, 0.15) is 0 Å². The highest BCUT2D eigenvalue weighted by Crippen LogP contribution is 2.44. The SMILES string of the molecule is O=C(O)CC(c1cccc(-n2cccn2)c1)C1CC1. The van der Waals surface area contributed by atoms with Gasteiger partial charge in [0.25, 0.3) is 0 Å².